The Morgan fingerprint density at radius 1 is 1.50 bits per heavy atom. The Bertz CT molecular complexity index is 547. The van der Waals surface area contributed by atoms with E-state index in [1.807, 2.05) is 6.92 Å². The summed E-state index contributed by atoms with van der Waals surface area (Å²) in [5, 5.41) is 4.20. The van der Waals surface area contributed by atoms with E-state index in [0.29, 0.717) is 32.1 Å². The van der Waals surface area contributed by atoms with Gasteiger partial charge in [0.15, 0.2) is 9.84 Å². The average molecular weight is 315 g/mol. The topological polar surface area (TPSA) is 46.6 Å². The first kappa shape index (κ1) is 14.5. The predicted molar refractivity (Wildman–Crippen MR) is 80.7 cm³/mol. The van der Waals surface area contributed by atoms with Crippen LogP contribution in [-0.4, -0.2) is 50.1 Å². The Morgan fingerprint density at radius 3 is 2.95 bits per heavy atom. The van der Waals surface area contributed by atoms with E-state index in [4.69, 9.17) is 4.74 Å². The largest absolute Gasteiger partial charge is 0.381 e. The van der Waals surface area contributed by atoms with Crippen molar-refractivity contribution in [3.63, 3.8) is 0 Å². The quantitative estimate of drug-likeness (QED) is 0.831. The minimum atomic E-state index is -2.96. The monoisotopic (exact) mass is 315 g/mol. The molecule has 3 rings (SSSR count). The van der Waals surface area contributed by atoms with Crippen LogP contribution in [0.5, 0.6) is 0 Å². The van der Waals surface area contributed by atoms with Crippen molar-refractivity contribution >= 4 is 21.2 Å². The Hall–Kier alpha value is -0.430. The van der Waals surface area contributed by atoms with Crippen LogP contribution in [0.3, 0.4) is 0 Å². The maximum atomic E-state index is 12.4. The van der Waals surface area contributed by atoms with E-state index in [2.05, 4.69) is 21.7 Å². The lowest BCUT2D eigenvalue weighted by Gasteiger charge is -2.50. The van der Waals surface area contributed by atoms with Gasteiger partial charge in [0.2, 0.25) is 0 Å². The lowest BCUT2D eigenvalue weighted by Crippen LogP contribution is -2.67. The zero-order chi connectivity index (χ0) is 14.2. The molecule has 2 fully saturated rings. The highest BCUT2D eigenvalue weighted by atomic mass is 32.2. The highest BCUT2D eigenvalue weighted by Gasteiger charge is 2.61. The molecule has 0 saturated carbocycles. The molecule has 1 aromatic heterocycles. The highest BCUT2D eigenvalue weighted by molar-refractivity contribution is 7.93. The second kappa shape index (κ2) is 5.40. The minimum absolute atomic E-state index is 0.172. The van der Waals surface area contributed by atoms with Gasteiger partial charge >= 0.3 is 0 Å². The molecule has 1 atom stereocenters. The van der Waals surface area contributed by atoms with Crippen molar-refractivity contribution in [2.24, 2.45) is 5.92 Å². The summed E-state index contributed by atoms with van der Waals surface area (Å²) in [5.74, 6) is 0.503. The molecule has 1 aromatic rings. The SMILES string of the molecule is CCOC[C@@H]1CCS(=O)(=O)C12CN(Cc1ccsc1)C2. The lowest BCUT2D eigenvalue weighted by atomic mass is 9.83. The summed E-state index contributed by atoms with van der Waals surface area (Å²) in [7, 11) is -2.96. The lowest BCUT2D eigenvalue weighted by molar-refractivity contribution is 0.0292. The summed E-state index contributed by atoms with van der Waals surface area (Å²) < 4.78 is 29.8. The maximum Gasteiger partial charge on any atom is 0.158 e. The second-order valence-electron chi connectivity index (χ2n) is 5.81. The zero-order valence-electron chi connectivity index (χ0n) is 11.7. The third-order valence-corrected chi connectivity index (χ3v) is 7.93. The van der Waals surface area contributed by atoms with E-state index in [1.165, 1.54) is 5.56 Å². The molecule has 6 heteroatoms. The third-order valence-electron chi connectivity index (χ3n) is 4.59. The molecule has 4 nitrogen and oxygen atoms in total. The normalized spacial score (nSPS) is 27.8. The number of ether oxygens (including phenoxy) is 1. The molecule has 0 aromatic carbocycles. The number of hydrogen-bond acceptors (Lipinski definition) is 5. The van der Waals surface area contributed by atoms with Crippen LogP contribution in [-0.2, 0) is 21.1 Å². The smallest absolute Gasteiger partial charge is 0.158 e. The van der Waals surface area contributed by atoms with Gasteiger partial charge in [0.05, 0.1) is 12.4 Å². The molecule has 2 aliphatic heterocycles. The van der Waals surface area contributed by atoms with Gasteiger partial charge in [0.25, 0.3) is 0 Å². The fourth-order valence-corrected chi connectivity index (χ4v) is 6.54. The van der Waals surface area contributed by atoms with Crippen molar-refractivity contribution in [1.29, 1.82) is 0 Å². The summed E-state index contributed by atoms with van der Waals surface area (Å²) >= 11 is 1.69. The average Bonchev–Trinajstić information content (AvgIpc) is 2.94. The molecule has 20 heavy (non-hydrogen) atoms. The molecule has 0 radical (unpaired) electrons. The Balaban J connectivity index is 1.68. The molecule has 112 valence electrons. The fraction of sp³-hybridized carbons (Fsp3) is 0.714. The van der Waals surface area contributed by atoms with Crippen molar-refractivity contribution < 1.29 is 13.2 Å². The first-order chi connectivity index (χ1) is 9.57. The van der Waals surface area contributed by atoms with Crippen LogP contribution in [0.15, 0.2) is 16.8 Å². The van der Waals surface area contributed by atoms with Gasteiger partial charge in [-0.3, -0.25) is 4.90 Å². The van der Waals surface area contributed by atoms with Crippen LogP contribution in [0, 0.1) is 5.92 Å². The fourth-order valence-electron chi connectivity index (χ4n) is 3.43. The molecular formula is C14H21NO3S2. The van der Waals surface area contributed by atoms with Gasteiger partial charge in [-0.25, -0.2) is 8.42 Å². The molecule has 1 spiro atoms. The van der Waals surface area contributed by atoms with Crippen molar-refractivity contribution in [2.45, 2.75) is 24.6 Å². The molecule has 0 amide bonds. The summed E-state index contributed by atoms with van der Waals surface area (Å²) in [6, 6.07) is 2.11. The molecule has 2 saturated heterocycles. The van der Waals surface area contributed by atoms with Crippen LogP contribution in [0.25, 0.3) is 0 Å². The van der Waals surface area contributed by atoms with E-state index in [9.17, 15) is 8.42 Å². The molecule has 0 N–H and O–H groups in total. The number of thiophene rings is 1. The maximum absolute atomic E-state index is 12.4. The van der Waals surface area contributed by atoms with Gasteiger partial charge in [0, 0.05) is 32.2 Å². The van der Waals surface area contributed by atoms with Crippen LogP contribution < -0.4 is 0 Å². The van der Waals surface area contributed by atoms with E-state index in [0.717, 1.165) is 13.0 Å². The highest BCUT2D eigenvalue weighted by Crippen LogP contribution is 2.45. The van der Waals surface area contributed by atoms with Gasteiger partial charge < -0.3 is 4.74 Å². The van der Waals surface area contributed by atoms with Crippen LogP contribution >= 0.6 is 11.3 Å². The van der Waals surface area contributed by atoms with Gasteiger partial charge in [-0.1, -0.05) is 0 Å². The van der Waals surface area contributed by atoms with E-state index < -0.39 is 14.6 Å². The summed E-state index contributed by atoms with van der Waals surface area (Å²) in [6.07, 6.45) is 0.759. The molecule has 0 bridgehead atoms. The van der Waals surface area contributed by atoms with Crippen LogP contribution in [0.1, 0.15) is 18.9 Å². The van der Waals surface area contributed by atoms with Crippen LogP contribution in [0.4, 0.5) is 0 Å². The summed E-state index contributed by atoms with van der Waals surface area (Å²) in [4.78, 5) is 2.24. The number of likely N-dealkylation sites (tertiary alicyclic amines) is 1. The van der Waals surface area contributed by atoms with Crippen molar-refractivity contribution in [2.75, 3.05) is 32.1 Å². The van der Waals surface area contributed by atoms with Gasteiger partial charge in [-0.2, -0.15) is 11.3 Å². The minimum Gasteiger partial charge on any atom is -0.381 e. The number of hydrogen-bond donors (Lipinski definition) is 0. The van der Waals surface area contributed by atoms with Gasteiger partial charge in [-0.15, -0.1) is 0 Å². The Morgan fingerprint density at radius 2 is 2.30 bits per heavy atom. The number of rotatable bonds is 5. The first-order valence-electron chi connectivity index (χ1n) is 7.11. The summed E-state index contributed by atoms with van der Waals surface area (Å²) in [6.45, 7) is 5.40. The molecule has 2 aliphatic rings. The van der Waals surface area contributed by atoms with E-state index in [1.54, 1.807) is 11.3 Å². The number of sulfone groups is 1. The zero-order valence-corrected chi connectivity index (χ0v) is 13.4. The molecule has 0 unspecified atom stereocenters. The molecular weight excluding hydrogens is 294 g/mol. The number of nitrogens with zero attached hydrogens (tertiary/aromatic N) is 1. The van der Waals surface area contributed by atoms with Gasteiger partial charge in [0.1, 0.15) is 4.75 Å². The van der Waals surface area contributed by atoms with Crippen LogP contribution in [0.2, 0.25) is 0 Å². The first-order valence-corrected chi connectivity index (χ1v) is 9.70. The van der Waals surface area contributed by atoms with E-state index >= 15 is 0 Å². The summed E-state index contributed by atoms with van der Waals surface area (Å²) in [5.41, 5.74) is 1.28. The van der Waals surface area contributed by atoms with Gasteiger partial charge in [-0.05, 0) is 35.7 Å². The second-order valence-corrected chi connectivity index (χ2v) is 9.04. The van der Waals surface area contributed by atoms with E-state index in [-0.39, 0.29) is 5.92 Å². The standard InChI is InChI=1S/C14H21NO3S2/c1-2-18-8-13-4-6-20(16,17)14(13)10-15(11-14)7-12-3-5-19-9-12/h3,5,9,13H,2,4,6-8,10-11H2,1H3/t13-/m0/s1. The predicted octanol–water partition coefficient (Wildman–Crippen LogP) is 1.77. The van der Waals surface area contributed by atoms with Crippen molar-refractivity contribution in [3.05, 3.63) is 22.4 Å². The third kappa shape index (κ3) is 2.32. The van der Waals surface area contributed by atoms with Crippen molar-refractivity contribution in [3.8, 4) is 0 Å². The molecule has 3 heterocycles. The van der Waals surface area contributed by atoms with Crippen molar-refractivity contribution in [1.82, 2.24) is 4.90 Å². The molecule has 0 aliphatic carbocycles. The Kier molecular flexibility index (Phi) is 3.92. The Labute approximate surface area is 124 Å².